The lowest BCUT2D eigenvalue weighted by molar-refractivity contribution is 0.0993. The third-order valence-corrected chi connectivity index (χ3v) is 7.96. The summed E-state index contributed by atoms with van der Waals surface area (Å²) in [6, 6.07) is 11.5. The average Bonchev–Trinajstić information content (AvgIpc) is 3.07. The Morgan fingerprint density at radius 3 is 2.26 bits per heavy atom. The zero-order valence-electron chi connectivity index (χ0n) is 21.6. The molecule has 6 heteroatoms. The summed E-state index contributed by atoms with van der Waals surface area (Å²) < 4.78 is 1.68. The number of benzene rings is 1. The smallest absolute Gasteiger partial charge is 0.255 e. The van der Waals surface area contributed by atoms with Gasteiger partial charge in [0.1, 0.15) is 0 Å². The fourth-order valence-corrected chi connectivity index (χ4v) is 5.54. The monoisotopic (exact) mass is 470 g/mol. The van der Waals surface area contributed by atoms with Crippen molar-refractivity contribution in [1.82, 2.24) is 14.5 Å². The van der Waals surface area contributed by atoms with Gasteiger partial charge in [0.15, 0.2) is 5.78 Å². The molecule has 3 heterocycles. The topological polar surface area (TPSA) is 68.1 Å². The molecular weight excluding hydrogens is 436 g/mol. The van der Waals surface area contributed by atoms with Crippen LogP contribution in [0.2, 0.25) is 0 Å². The van der Waals surface area contributed by atoms with Crippen LogP contribution in [0.5, 0.6) is 0 Å². The van der Waals surface area contributed by atoms with Gasteiger partial charge >= 0.3 is 0 Å². The van der Waals surface area contributed by atoms with Crippen molar-refractivity contribution in [3.8, 4) is 11.3 Å². The summed E-state index contributed by atoms with van der Waals surface area (Å²) in [5.74, 6) is 0.583. The molecule has 5 rings (SSSR count). The summed E-state index contributed by atoms with van der Waals surface area (Å²) in [5, 5.41) is 0. The van der Waals surface area contributed by atoms with Crippen molar-refractivity contribution in [2.24, 2.45) is 0 Å². The molecule has 0 unspecified atom stereocenters. The summed E-state index contributed by atoms with van der Waals surface area (Å²) in [6.07, 6.45) is 5.61. The van der Waals surface area contributed by atoms with Gasteiger partial charge in [-0.15, -0.1) is 0 Å². The number of carbonyl (C=O) groups is 1. The van der Waals surface area contributed by atoms with E-state index in [2.05, 4.69) is 58.7 Å². The van der Waals surface area contributed by atoms with Crippen molar-refractivity contribution >= 4 is 11.7 Å². The van der Waals surface area contributed by atoms with E-state index >= 15 is 0 Å². The maximum absolute atomic E-state index is 13.6. The van der Waals surface area contributed by atoms with Crippen LogP contribution in [0.1, 0.15) is 75.9 Å². The molecule has 0 spiro atoms. The number of Topliss-reactive ketones (excluding diaryl/α,β-unsaturated/α-hetero) is 1. The summed E-state index contributed by atoms with van der Waals surface area (Å²) in [5.41, 5.74) is 4.38. The molecule has 2 aliphatic rings. The molecule has 2 aromatic heterocycles. The quantitative estimate of drug-likeness (QED) is 0.494. The summed E-state index contributed by atoms with van der Waals surface area (Å²) >= 11 is 0. The maximum Gasteiger partial charge on any atom is 0.255 e. The minimum atomic E-state index is -0.416. The normalized spacial score (nSPS) is 19.2. The highest BCUT2D eigenvalue weighted by Gasteiger charge is 2.40. The summed E-state index contributed by atoms with van der Waals surface area (Å²) in [6.45, 7) is 13.9. The van der Waals surface area contributed by atoms with Gasteiger partial charge in [-0.1, -0.05) is 39.8 Å². The van der Waals surface area contributed by atoms with Gasteiger partial charge in [0, 0.05) is 29.6 Å². The van der Waals surface area contributed by atoms with Crippen LogP contribution < -0.4 is 10.5 Å². The highest BCUT2D eigenvalue weighted by molar-refractivity contribution is 5.99. The van der Waals surface area contributed by atoms with E-state index in [0.29, 0.717) is 18.2 Å². The van der Waals surface area contributed by atoms with Crippen LogP contribution in [0, 0.1) is 0 Å². The van der Waals surface area contributed by atoms with Gasteiger partial charge in [0.25, 0.3) is 5.56 Å². The lowest BCUT2D eigenvalue weighted by atomic mass is 9.63. The van der Waals surface area contributed by atoms with Crippen molar-refractivity contribution in [1.29, 1.82) is 0 Å². The molecule has 0 radical (unpaired) electrons. The Balaban J connectivity index is 1.51. The van der Waals surface area contributed by atoms with Crippen LogP contribution in [-0.4, -0.2) is 32.4 Å². The largest absolute Gasteiger partial charge is 0.328 e. The van der Waals surface area contributed by atoms with E-state index in [0.717, 1.165) is 24.0 Å². The Morgan fingerprint density at radius 1 is 0.914 bits per heavy atom. The second-order valence-electron chi connectivity index (χ2n) is 12.0. The molecule has 0 saturated carbocycles. The number of carbonyl (C=O) groups excluding carboxylic acids is 1. The molecule has 1 aromatic carbocycles. The molecule has 3 aromatic rings. The summed E-state index contributed by atoms with van der Waals surface area (Å²) in [4.78, 5) is 37.5. The summed E-state index contributed by atoms with van der Waals surface area (Å²) in [7, 11) is 0. The van der Waals surface area contributed by atoms with Crippen LogP contribution >= 0.6 is 0 Å². The second-order valence-corrected chi connectivity index (χ2v) is 12.0. The Kier molecular flexibility index (Phi) is 5.28. The number of fused-ring (bicyclic) bond motifs is 2. The minimum absolute atomic E-state index is 0.0367. The Bertz CT molecular complexity index is 1370. The van der Waals surface area contributed by atoms with Crippen molar-refractivity contribution < 1.29 is 4.79 Å². The number of rotatable bonds is 4. The fourth-order valence-electron chi connectivity index (χ4n) is 5.54. The molecule has 6 nitrogen and oxygen atoms in total. The van der Waals surface area contributed by atoms with Crippen molar-refractivity contribution in [3.63, 3.8) is 0 Å². The second kappa shape index (κ2) is 7.87. The van der Waals surface area contributed by atoms with E-state index in [1.165, 1.54) is 11.1 Å². The first-order valence-corrected chi connectivity index (χ1v) is 12.4. The number of hydrogen-bond donors (Lipinski definition) is 0. The molecule has 0 fully saturated rings. The van der Waals surface area contributed by atoms with Crippen LogP contribution in [0.15, 0.2) is 53.6 Å². The molecule has 1 aliphatic carbocycles. The van der Waals surface area contributed by atoms with E-state index < -0.39 is 5.54 Å². The highest BCUT2D eigenvalue weighted by Crippen LogP contribution is 2.46. The van der Waals surface area contributed by atoms with Gasteiger partial charge in [-0.25, -0.2) is 4.98 Å². The van der Waals surface area contributed by atoms with E-state index in [1.807, 2.05) is 23.1 Å². The van der Waals surface area contributed by atoms with Crippen LogP contribution in [0.3, 0.4) is 0 Å². The first kappa shape index (κ1) is 23.5. The lowest BCUT2D eigenvalue weighted by Crippen LogP contribution is -2.44. The fraction of sp³-hybridized carbons (Fsp3) is 0.448. The van der Waals surface area contributed by atoms with Gasteiger partial charge in [0.2, 0.25) is 5.95 Å². The third kappa shape index (κ3) is 3.99. The molecule has 0 amide bonds. The molecule has 1 aliphatic heterocycles. The first-order valence-electron chi connectivity index (χ1n) is 12.4. The molecule has 182 valence electrons. The van der Waals surface area contributed by atoms with Gasteiger partial charge in [-0.2, -0.15) is 0 Å². The molecule has 35 heavy (non-hydrogen) atoms. The number of ketones is 1. The van der Waals surface area contributed by atoms with Crippen LogP contribution in [0.4, 0.5) is 5.95 Å². The van der Waals surface area contributed by atoms with E-state index in [9.17, 15) is 9.59 Å². The molecule has 0 N–H and O–H groups in total. The first-order chi connectivity index (χ1) is 16.4. The number of hydrogen-bond acceptors (Lipinski definition) is 5. The highest BCUT2D eigenvalue weighted by atomic mass is 16.1. The van der Waals surface area contributed by atoms with Gasteiger partial charge < -0.3 is 4.90 Å². The minimum Gasteiger partial charge on any atom is -0.328 e. The van der Waals surface area contributed by atoms with Gasteiger partial charge in [-0.05, 0) is 66.8 Å². The average molecular weight is 471 g/mol. The van der Waals surface area contributed by atoms with Crippen LogP contribution in [-0.2, 0) is 17.4 Å². The maximum atomic E-state index is 13.6. The molecular formula is C29H34N4O2. The molecule has 0 saturated heterocycles. The SMILES string of the molecule is CC1(C)CCC(C)(C)c2cc(C(=O)CN3c4nc(-c5ccncc5)cc(=O)n4CC3(C)C)ccc21. The van der Waals surface area contributed by atoms with Gasteiger partial charge in [0.05, 0.1) is 24.3 Å². The third-order valence-electron chi connectivity index (χ3n) is 7.96. The lowest BCUT2D eigenvalue weighted by Gasteiger charge is -2.42. The number of nitrogens with zero attached hydrogens (tertiary/aromatic N) is 4. The van der Waals surface area contributed by atoms with E-state index in [4.69, 9.17) is 4.98 Å². The van der Waals surface area contributed by atoms with E-state index in [1.54, 1.807) is 23.0 Å². The Morgan fingerprint density at radius 2 is 1.57 bits per heavy atom. The Hall–Kier alpha value is -3.28. The van der Waals surface area contributed by atoms with E-state index in [-0.39, 0.29) is 28.7 Å². The van der Waals surface area contributed by atoms with Crippen molar-refractivity contribution in [2.45, 2.75) is 77.3 Å². The molecule has 0 atom stereocenters. The molecule has 0 bridgehead atoms. The van der Waals surface area contributed by atoms with Crippen molar-refractivity contribution in [2.75, 3.05) is 11.4 Å². The Labute approximate surface area is 207 Å². The zero-order valence-corrected chi connectivity index (χ0v) is 21.6. The number of aromatic nitrogens is 3. The number of anilines is 1. The van der Waals surface area contributed by atoms with Gasteiger partial charge in [-0.3, -0.25) is 19.1 Å². The zero-order chi connectivity index (χ0) is 25.2. The number of pyridine rings is 1. The predicted octanol–water partition coefficient (Wildman–Crippen LogP) is 5.14. The predicted molar refractivity (Wildman–Crippen MR) is 139 cm³/mol. The van der Waals surface area contributed by atoms with Crippen molar-refractivity contribution in [3.05, 3.63) is 75.8 Å². The van der Waals surface area contributed by atoms with Crippen LogP contribution in [0.25, 0.3) is 11.3 Å². The standard InChI is InChI=1S/C29H34N4O2/c1-27(2)11-12-28(3,4)22-15-20(7-8-21(22)27)24(34)17-33-26-31-23(19-9-13-30-14-10-19)16-25(35)32(26)18-29(33,5)6/h7-10,13-16H,11-12,17-18H2,1-6H3.